The maximum Gasteiger partial charge on any atom is 0.221 e. The van der Waals surface area contributed by atoms with Gasteiger partial charge < -0.3 is 10.6 Å². The van der Waals surface area contributed by atoms with Gasteiger partial charge in [-0.2, -0.15) is 10.2 Å². The molecule has 136 valence electrons. The van der Waals surface area contributed by atoms with E-state index in [-0.39, 0.29) is 11.8 Å². The van der Waals surface area contributed by atoms with Gasteiger partial charge >= 0.3 is 0 Å². The van der Waals surface area contributed by atoms with E-state index in [1.165, 1.54) is 13.8 Å². The van der Waals surface area contributed by atoms with E-state index < -0.39 is 0 Å². The number of azo groups is 1. The first-order valence-corrected chi connectivity index (χ1v) is 8.50. The molecular weight excluding hydrogens is 375 g/mol. The Bertz CT molecular complexity index is 837. The summed E-state index contributed by atoms with van der Waals surface area (Å²) in [4.78, 5) is 22.4. The summed E-state index contributed by atoms with van der Waals surface area (Å²) in [5.74, 6) is -0.407. The summed E-state index contributed by atoms with van der Waals surface area (Å²) in [7, 11) is 0. The molecule has 2 rings (SSSR count). The zero-order valence-electron chi connectivity index (χ0n) is 14.8. The molecule has 0 atom stereocenters. The van der Waals surface area contributed by atoms with Gasteiger partial charge in [-0.1, -0.05) is 23.2 Å². The quantitative estimate of drug-likeness (QED) is 0.630. The second kappa shape index (κ2) is 8.29. The van der Waals surface area contributed by atoms with E-state index in [9.17, 15) is 9.59 Å². The average molecular weight is 393 g/mol. The van der Waals surface area contributed by atoms with Crippen LogP contribution in [0.3, 0.4) is 0 Å². The average Bonchev–Trinajstić information content (AvgIpc) is 2.52. The minimum atomic E-state index is -0.204. The number of anilines is 2. The zero-order valence-corrected chi connectivity index (χ0v) is 16.3. The van der Waals surface area contributed by atoms with Crippen LogP contribution >= 0.6 is 23.2 Å². The molecule has 2 N–H and O–H groups in total. The standard InChI is InChI=1S/C18H18Cl2N4O2/c1-9-5-17(21-11(3)25)13(19)7-15(9)23-24-16-8-14(20)18(6-10(16)2)22-12(4)26/h5-8H,1-4H3,(H,21,25)(H,22,26). The van der Waals surface area contributed by atoms with E-state index >= 15 is 0 Å². The number of nitrogens with zero attached hydrogens (tertiary/aromatic N) is 2. The lowest BCUT2D eigenvalue weighted by Gasteiger charge is -2.09. The maximum absolute atomic E-state index is 11.2. The molecule has 0 bridgehead atoms. The molecule has 0 unspecified atom stereocenters. The van der Waals surface area contributed by atoms with Gasteiger partial charge in [0.05, 0.1) is 32.8 Å². The van der Waals surface area contributed by atoms with Crippen LogP contribution in [0.15, 0.2) is 34.5 Å². The number of rotatable bonds is 4. The van der Waals surface area contributed by atoms with Crippen LogP contribution < -0.4 is 10.6 Å². The van der Waals surface area contributed by atoms with Crippen LogP contribution in [0.25, 0.3) is 0 Å². The highest BCUT2D eigenvalue weighted by molar-refractivity contribution is 6.34. The lowest BCUT2D eigenvalue weighted by molar-refractivity contribution is -0.115. The number of carbonyl (C=O) groups is 2. The van der Waals surface area contributed by atoms with Crippen LogP contribution in [0.1, 0.15) is 25.0 Å². The summed E-state index contributed by atoms with van der Waals surface area (Å²) >= 11 is 12.4. The van der Waals surface area contributed by atoms with E-state index in [1.54, 1.807) is 24.3 Å². The summed E-state index contributed by atoms with van der Waals surface area (Å²) in [5, 5.41) is 14.5. The fraction of sp³-hybridized carbons (Fsp3) is 0.222. The van der Waals surface area contributed by atoms with Gasteiger partial charge in [0, 0.05) is 13.8 Å². The Kier molecular flexibility index (Phi) is 6.34. The molecule has 0 radical (unpaired) electrons. The molecule has 0 aromatic heterocycles. The summed E-state index contributed by atoms with van der Waals surface area (Å²) < 4.78 is 0. The van der Waals surface area contributed by atoms with Crippen molar-refractivity contribution >= 4 is 57.8 Å². The first-order valence-electron chi connectivity index (χ1n) is 7.74. The topological polar surface area (TPSA) is 82.9 Å². The summed E-state index contributed by atoms with van der Waals surface area (Å²) in [6.45, 7) is 6.51. The number of benzene rings is 2. The van der Waals surface area contributed by atoms with Gasteiger partial charge in [-0.3, -0.25) is 9.59 Å². The van der Waals surface area contributed by atoms with Gasteiger partial charge in [-0.05, 0) is 49.2 Å². The molecule has 0 spiro atoms. The Morgan fingerprint density at radius 2 is 1.12 bits per heavy atom. The van der Waals surface area contributed by atoms with Gasteiger partial charge in [-0.25, -0.2) is 0 Å². The zero-order chi connectivity index (χ0) is 19.4. The Balaban J connectivity index is 2.32. The molecule has 0 saturated heterocycles. The highest BCUT2D eigenvalue weighted by atomic mass is 35.5. The van der Waals surface area contributed by atoms with Crippen molar-refractivity contribution in [3.05, 3.63) is 45.4 Å². The van der Waals surface area contributed by atoms with Crippen LogP contribution in [0.4, 0.5) is 22.7 Å². The minimum absolute atomic E-state index is 0.204. The maximum atomic E-state index is 11.2. The number of halogens is 2. The molecule has 0 aliphatic rings. The molecule has 6 nitrogen and oxygen atoms in total. The van der Waals surface area contributed by atoms with Crippen molar-refractivity contribution < 1.29 is 9.59 Å². The molecule has 0 saturated carbocycles. The second-order valence-corrected chi connectivity index (χ2v) is 6.61. The molecule has 2 aromatic carbocycles. The van der Waals surface area contributed by atoms with Crippen molar-refractivity contribution in [1.29, 1.82) is 0 Å². The molecule has 8 heteroatoms. The second-order valence-electron chi connectivity index (χ2n) is 5.80. The third kappa shape index (κ3) is 5.03. The number of carbonyl (C=O) groups excluding carboxylic acids is 2. The Morgan fingerprint density at radius 3 is 1.42 bits per heavy atom. The molecule has 26 heavy (non-hydrogen) atoms. The van der Waals surface area contributed by atoms with Crippen LogP contribution in [0, 0.1) is 13.8 Å². The van der Waals surface area contributed by atoms with Crippen molar-refractivity contribution in [3.8, 4) is 0 Å². The van der Waals surface area contributed by atoms with Gasteiger partial charge in [0.15, 0.2) is 0 Å². The van der Waals surface area contributed by atoms with E-state index in [0.29, 0.717) is 32.8 Å². The third-order valence-electron chi connectivity index (χ3n) is 3.46. The van der Waals surface area contributed by atoms with Gasteiger partial charge in [0.25, 0.3) is 0 Å². The van der Waals surface area contributed by atoms with Crippen LogP contribution in [-0.4, -0.2) is 11.8 Å². The highest BCUT2D eigenvalue weighted by Crippen LogP contribution is 2.34. The smallest absolute Gasteiger partial charge is 0.221 e. The summed E-state index contributed by atoms with van der Waals surface area (Å²) in [5.41, 5.74) is 3.81. The van der Waals surface area contributed by atoms with Crippen LogP contribution in [0.2, 0.25) is 10.0 Å². The van der Waals surface area contributed by atoms with Crippen LogP contribution in [0.5, 0.6) is 0 Å². The third-order valence-corrected chi connectivity index (χ3v) is 4.08. The molecular formula is C18H18Cl2N4O2. The summed E-state index contributed by atoms with van der Waals surface area (Å²) in [6, 6.07) is 6.73. The van der Waals surface area contributed by atoms with E-state index in [0.717, 1.165) is 11.1 Å². The highest BCUT2D eigenvalue weighted by Gasteiger charge is 2.09. The molecule has 0 fully saturated rings. The number of nitrogens with one attached hydrogen (secondary N) is 2. The van der Waals surface area contributed by atoms with Crippen molar-refractivity contribution in [2.45, 2.75) is 27.7 Å². The van der Waals surface area contributed by atoms with Gasteiger partial charge in [0.2, 0.25) is 11.8 Å². The van der Waals surface area contributed by atoms with Crippen molar-refractivity contribution in [3.63, 3.8) is 0 Å². The largest absolute Gasteiger partial charge is 0.325 e. The number of amides is 2. The van der Waals surface area contributed by atoms with E-state index in [4.69, 9.17) is 23.2 Å². The van der Waals surface area contributed by atoms with Gasteiger partial charge in [0.1, 0.15) is 0 Å². The Labute approximate surface area is 161 Å². The van der Waals surface area contributed by atoms with E-state index in [1.807, 2.05) is 13.8 Å². The lowest BCUT2D eigenvalue weighted by Crippen LogP contribution is -2.06. The molecule has 2 aromatic rings. The predicted molar refractivity (Wildman–Crippen MR) is 105 cm³/mol. The van der Waals surface area contributed by atoms with Crippen molar-refractivity contribution in [1.82, 2.24) is 0 Å². The van der Waals surface area contributed by atoms with Crippen molar-refractivity contribution in [2.75, 3.05) is 10.6 Å². The van der Waals surface area contributed by atoms with Crippen LogP contribution in [-0.2, 0) is 9.59 Å². The predicted octanol–water partition coefficient (Wildman–Crippen LogP) is 5.94. The molecule has 0 aliphatic carbocycles. The molecule has 0 aliphatic heterocycles. The molecule has 2 amide bonds. The first kappa shape index (κ1) is 19.9. The summed E-state index contributed by atoms with van der Waals surface area (Å²) in [6.07, 6.45) is 0. The normalized spacial score (nSPS) is 10.8. The number of hydrogen-bond acceptors (Lipinski definition) is 4. The van der Waals surface area contributed by atoms with E-state index in [2.05, 4.69) is 20.9 Å². The Morgan fingerprint density at radius 1 is 0.769 bits per heavy atom. The minimum Gasteiger partial charge on any atom is -0.325 e. The fourth-order valence-corrected chi connectivity index (χ4v) is 2.65. The molecule has 0 heterocycles. The SMILES string of the molecule is CC(=O)Nc1cc(C)c(N=Nc2cc(Cl)c(NC(C)=O)cc2C)cc1Cl. The Hall–Kier alpha value is -2.44. The van der Waals surface area contributed by atoms with Crippen molar-refractivity contribution in [2.24, 2.45) is 10.2 Å². The number of hydrogen-bond donors (Lipinski definition) is 2. The fourth-order valence-electron chi connectivity index (χ4n) is 2.24. The van der Waals surface area contributed by atoms with Gasteiger partial charge in [-0.15, -0.1) is 0 Å². The number of aryl methyl sites for hydroxylation is 2. The monoisotopic (exact) mass is 392 g/mol. The lowest BCUT2D eigenvalue weighted by atomic mass is 10.1. The first-order chi connectivity index (χ1) is 12.2.